The number of nitrogens with zero attached hydrogens (tertiary/aromatic N) is 5. The van der Waals surface area contributed by atoms with Crippen molar-refractivity contribution in [3.63, 3.8) is 0 Å². The van der Waals surface area contributed by atoms with E-state index in [-0.39, 0.29) is 48.0 Å². The molecule has 0 aliphatic carbocycles. The molecule has 1 aromatic carbocycles. The number of thiazole rings is 1. The van der Waals surface area contributed by atoms with Gasteiger partial charge in [0.1, 0.15) is 6.04 Å². The molecular weight excluding hydrogens is 566 g/mol. The van der Waals surface area contributed by atoms with Crippen LogP contribution in [0.3, 0.4) is 0 Å². The average molecular weight is 601 g/mol. The number of ketones is 1. The molecule has 2 aromatic rings. The van der Waals surface area contributed by atoms with Crippen molar-refractivity contribution in [2.24, 2.45) is 4.99 Å². The summed E-state index contributed by atoms with van der Waals surface area (Å²) in [6.07, 6.45) is 1.90. The number of carbonyl (C=O) groups excluding carboxylic acids is 3. The summed E-state index contributed by atoms with van der Waals surface area (Å²) in [7, 11) is 1.25. The minimum absolute atomic E-state index is 0.0130. The van der Waals surface area contributed by atoms with Gasteiger partial charge in [0, 0.05) is 55.9 Å². The minimum Gasteiger partial charge on any atom is -0.466 e. The molecule has 10 nitrogen and oxygen atoms in total. The first-order chi connectivity index (χ1) is 20.1. The van der Waals surface area contributed by atoms with E-state index in [9.17, 15) is 23.2 Å². The molecule has 2 fully saturated rings. The number of fused-ring (bicyclic) bond motifs is 1. The number of halogens is 2. The quantitative estimate of drug-likeness (QED) is 0.463. The van der Waals surface area contributed by atoms with Crippen LogP contribution in [0.1, 0.15) is 49.4 Å². The zero-order valence-electron chi connectivity index (χ0n) is 24.2. The maximum Gasteiger partial charge on any atom is 0.338 e. The summed E-state index contributed by atoms with van der Waals surface area (Å²) in [6, 6.07) is 0.368. The highest BCUT2D eigenvalue weighted by atomic mass is 32.1. The zero-order chi connectivity index (χ0) is 30.3. The molecule has 0 radical (unpaired) electrons. The van der Waals surface area contributed by atoms with Crippen LogP contribution >= 0.6 is 11.3 Å². The van der Waals surface area contributed by atoms with Gasteiger partial charge in [0.15, 0.2) is 28.3 Å². The number of Topliss-reactive ketones (excluding diaryl/α,β-unsaturated/α-hetero) is 1. The van der Waals surface area contributed by atoms with E-state index in [4.69, 9.17) is 9.73 Å². The van der Waals surface area contributed by atoms with Gasteiger partial charge in [-0.3, -0.25) is 14.7 Å². The van der Waals surface area contributed by atoms with Crippen molar-refractivity contribution in [3.8, 4) is 0 Å². The van der Waals surface area contributed by atoms with E-state index in [0.717, 1.165) is 6.07 Å². The Kier molecular flexibility index (Phi) is 8.42. The van der Waals surface area contributed by atoms with Crippen LogP contribution in [0, 0.1) is 18.6 Å². The first-order valence-corrected chi connectivity index (χ1v) is 14.8. The minimum atomic E-state index is -1.02. The molecule has 13 heteroatoms. The normalized spacial score (nSPS) is 22.8. The van der Waals surface area contributed by atoms with E-state index >= 15 is 0 Å². The Balaban J connectivity index is 1.60. The van der Waals surface area contributed by atoms with Crippen molar-refractivity contribution in [1.82, 2.24) is 25.0 Å². The summed E-state index contributed by atoms with van der Waals surface area (Å²) in [5.74, 6) is -2.36. The lowest BCUT2D eigenvalue weighted by atomic mass is 9.91. The highest BCUT2D eigenvalue weighted by Crippen LogP contribution is 2.37. The number of amidine groups is 1. The molecule has 0 saturated carbocycles. The van der Waals surface area contributed by atoms with Crippen molar-refractivity contribution >= 4 is 35.0 Å². The highest BCUT2D eigenvalue weighted by molar-refractivity contribution is 7.11. The molecule has 4 heterocycles. The number of amides is 2. The smallest absolute Gasteiger partial charge is 0.338 e. The van der Waals surface area contributed by atoms with Gasteiger partial charge in [-0.15, -0.1) is 11.3 Å². The number of urea groups is 1. The van der Waals surface area contributed by atoms with Gasteiger partial charge < -0.3 is 19.9 Å². The summed E-state index contributed by atoms with van der Waals surface area (Å²) in [5.41, 5.74) is 0.880. The largest absolute Gasteiger partial charge is 0.466 e. The Morgan fingerprint density at radius 3 is 2.64 bits per heavy atom. The Morgan fingerprint density at radius 1 is 1.24 bits per heavy atom. The fourth-order valence-corrected chi connectivity index (χ4v) is 6.57. The van der Waals surface area contributed by atoms with Crippen LogP contribution in [0.5, 0.6) is 0 Å². The number of rotatable bonds is 8. The summed E-state index contributed by atoms with van der Waals surface area (Å²) < 4.78 is 34.0. The molecule has 224 valence electrons. The molecule has 0 spiro atoms. The molecule has 3 atom stereocenters. The van der Waals surface area contributed by atoms with Crippen LogP contribution in [-0.2, 0) is 14.3 Å². The summed E-state index contributed by atoms with van der Waals surface area (Å²) in [6.45, 7) is 8.49. The summed E-state index contributed by atoms with van der Waals surface area (Å²) in [4.78, 5) is 54.6. The molecule has 1 N–H and O–H groups in total. The van der Waals surface area contributed by atoms with E-state index in [2.05, 4.69) is 10.3 Å². The second kappa shape index (κ2) is 11.9. The van der Waals surface area contributed by atoms with E-state index < -0.39 is 29.7 Å². The molecule has 5 rings (SSSR count). The van der Waals surface area contributed by atoms with Crippen molar-refractivity contribution in [3.05, 3.63) is 62.7 Å². The first kappa shape index (κ1) is 29.8. The van der Waals surface area contributed by atoms with Gasteiger partial charge in [-0.1, -0.05) is 13.0 Å². The van der Waals surface area contributed by atoms with Crippen molar-refractivity contribution in [1.29, 1.82) is 0 Å². The number of carbonyl (C=O) groups is 3. The summed E-state index contributed by atoms with van der Waals surface area (Å²) >= 11 is 1.33. The molecular formula is C29H34F2N6O4S. The molecule has 3 aliphatic heterocycles. The second-order valence-corrected chi connectivity index (χ2v) is 11.7. The number of ether oxygens (including phenoxy) is 1. The molecule has 42 heavy (non-hydrogen) atoms. The predicted molar refractivity (Wildman–Crippen MR) is 153 cm³/mol. The molecule has 3 aliphatic rings. The van der Waals surface area contributed by atoms with Crippen LogP contribution in [0.25, 0.3) is 0 Å². The first-order valence-electron chi connectivity index (χ1n) is 13.9. The standard InChI is InChI=1S/C29H34F2N6O4S/c1-6-21(38)25-20-14-37(15(2)3)29(40)36(20)11-10-35(25)13-19-22(28(39)41-5)24(17-7-8-18(30)23(31)16(17)4)34-26(33-19)27-32-9-12-42-27/h7-9,12,15,20,24-25H,6,10-11,13-14H2,1-5H3,(H,33,34)/t20-,24-,25+/m0/s1. The Hall–Kier alpha value is -3.71. The lowest BCUT2D eigenvalue weighted by Crippen LogP contribution is -2.62. The maximum absolute atomic E-state index is 14.8. The molecule has 2 saturated heterocycles. The Bertz CT molecular complexity index is 1460. The number of methoxy groups -OCH3 is 1. The second-order valence-electron chi connectivity index (χ2n) is 10.8. The van der Waals surface area contributed by atoms with Gasteiger partial charge in [-0.05, 0) is 38.0 Å². The van der Waals surface area contributed by atoms with Crippen LogP contribution in [0.4, 0.5) is 13.6 Å². The Labute approximate surface area is 247 Å². The third kappa shape index (κ3) is 5.19. The van der Waals surface area contributed by atoms with Gasteiger partial charge in [-0.2, -0.15) is 0 Å². The number of hydrogen-bond donors (Lipinski definition) is 1. The monoisotopic (exact) mass is 600 g/mol. The zero-order valence-corrected chi connectivity index (χ0v) is 25.0. The van der Waals surface area contributed by atoms with E-state index in [1.165, 1.54) is 31.4 Å². The number of esters is 1. The number of hydrogen-bond acceptors (Lipinski definition) is 9. The SMILES string of the molecule is CCC(=O)[C@H]1[C@@H]2CN(C(C)C)C(=O)N2CCN1CC1=C(C(=O)OC)[C@H](c2ccc(F)c(F)c2C)N=C(c2nccs2)N1. The van der Waals surface area contributed by atoms with Crippen LogP contribution in [0.15, 0.2) is 40.0 Å². The number of benzene rings is 1. The van der Waals surface area contributed by atoms with E-state index in [1.54, 1.807) is 28.3 Å². The van der Waals surface area contributed by atoms with Crippen molar-refractivity contribution in [2.75, 3.05) is 33.3 Å². The fraction of sp³-hybridized carbons (Fsp3) is 0.483. The van der Waals surface area contributed by atoms with E-state index in [1.807, 2.05) is 18.7 Å². The third-order valence-electron chi connectivity index (χ3n) is 8.17. The molecule has 1 aromatic heterocycles. The maximum atomic E-state index is 14.8. The number of piperazine rings is 1. The van der Waals surface area contributed by atoms with E-state index in [0.29, 0.717) is 41.7 Å². The lowest BCUT2D eigenvalue weighted by Gasteiger charge is -2.43. The van der Waals surface area contributed by atoms with Crippen molar-refractivity contribution < 1.29 is 27.9 Å². The topological polar surface area (TPSA) is 107 Å². The van der Waals surface area contributed by atoms with Gasteiger partial charge in [0.25, 0.3) is 0 Å². The van der Waals surface area contributed by atoms with Crippen LogP contribution < -0.4 is 5.32 Å². The number of aliphatic imine (C=N–C) groups is 1. The lowest BCUT2D eigenvalue weighted by molar-refractivity contribution is -0.136. The number of aromatic nitrogens is 1. The van der Waals surface area contributed by atoms with Crippen LogP contribution in [-0.4, -0.2) is 94.7 Å². The predicted octanol–water partition coefficient (Wildman–Crippen LogP) is 3.43. The van der Waals surface area contributed by atoms with Crippen molar-refractivity contribution in [2.45, 2.75) is 58.3 Å². The van der Waals surface area contributed by atoms with Gasteiger partial charge in [0.05, 0.1) is 24.8 Å². The summed E-state index contributed by atoms with van der Waals surface area (Å²) in [5, 5.41) is 5.58. The highest BCUT2D eigenvalue weighted by Gasteiger charge is 2.49. The molecule has 2 amide bonds. The fourth-order valence-electron chi connectivity index (χ4n) is 5.98. The third-order valence-corrected chi connectivity index (χ3v) is 8.95. The molecule has 0 unspecified atom stereocenters. The van der Waals surface area contributed by atoms with Gasteiger partial charge in [0.2, 0.25) is 0 Å². The van der Waals surface area contributed by atoms with Crippen LogP contribution in [0.2, 0.25) is 0 Å². The number of nitrogens with one attached hydrogen (secondary N) is 1. The molecule has 0 bridgehead atoms. The Morgan fingerprint density at radius 2 is 2.00 bits per heavy atom. The average Bonchev–Trinajstić information content (AvgIpc) is 3.63. The van der Waals surface area contributed by atoms with Gasteiger partial charge >= 0.3 is 12.0 Å². The van der Waals surface area contributed by atoms with Gasteiger partial charge in [-0.25, -0.2) is 23.4 Å².